The van der Waals surface area contributed by atoms with Gasteiger partial charge in [-0.05, 0) is 24.1 Å². The van der Waals surface area contributed by atoms with Crippen molar-refractivity contribution in [1.29, 1.82) is 0 Å². The highest BCUT2D eigenvalue weighted by atomic mass is 32.1. The van der Waals surface area contributed by atoms with Gasteiger partial charge in [-0.25, -0.2) is 4.98 Å². The second kappa shape index (κ2) is 6.86. The van der Waals surface area contributed by atoms with Gasteiger partial charge in [0.15, 0.2) is 10.7 Å². The molecule has 124 valence electrons. The monoisotopic (exact) mass is 348 g/mol. The fourth-order valence-corrected chi connectivity index (χ4v) is 3.49. The first-order valence-corrected chi connectivity index (χ1v) is 8.89. The van der Waals surface area contributed by atoms with Gasteiger partial charge in [-0.15, -0.1) is 11.3 Å². The van der Waals surface area contributed by atoms with Crippen LogP contribution in [0.5, 0.6) is 0 Å². The number of amides is 1. The average molecular weight is 348 g/mol. The lowest BCUT2D eigenvalue weighted by atomic mass is 10.1. The van der Waals surface area contributed by atoms with Crippen LogP contribution in [0.15, 0.2) is 66.4 Å². The molecule has 6 heteroatoms. The Kier molecular flexibility index (Phi) is 4.26. The average Bonchev–Trinajstić information content (AvgIpc) is 3.24. The zero-order valence-corrected chi connectivity index (χ0v) is 14.2. The van der Waals surface area contributed by atoms with Crippen LogP contribution in [-0.2, 0) is 6.42 Å². The molecule has 3 heterocycles. The molecule has 0 radical (unpaired) electrons. The van der Waals surface area contributed by atoms with Gasteiger partial charge in [0.25, 0.3) is 5.91 Å². The third kappa shape index (κ3) is 3.16. The Morgan fingerprint density at radius 1 is 1.12 bits per heavy atom. The molecule has 0 bridgehead atoms. The van der Waals surface area contributed by atoms with E-state index in [4.69, 9.17) is 0 Å². The first-order chi connectivity index (χ1) is 12.3. The van der Waals surface area contributed by atoms with E-state index >= 15 is 0 Å². The predicted octanol–water partition coefficient (Wildman–Crippen LogP) is 3.43. The highest BCUT2D eigenvalue weighted by Gasteiger charge is 2.20. The topological polar surface area (TPSA) is 59.3 Å². The standard InChI is InChI=1S/C19H16N4OS/c24-18(21-11-6-14-4-2-1-3-5-14)16-17(15-7-9-20-10-8-15)23-12-13-25-19(23)22-16/h1-5,7-10,12-13H,6,11H2,(H,21,24). The number of hydrogen-bond donors (Lipinski definition) is 1. The molecule has 0 unspecified atom stereocenters. The number of rotatable bonds is 5. The second-order valence-corrected chi connectivity index (χ2v) is 6.47. The van der Waals surface area contributed by atoms with Gasteiger partial charge in [0, 0.05) is 36.1 Å². The number of imidazole rings is 1. The van der Waals surface area contributed by atoms with Crippen molar-refractivity contribution >= 4 is 22.2 Å². The molecule has 0 aliphatic heterocycles. The van der Waals surface area contributed by atoms with Crippen LogP contribution in [-0.4, -0.2) is 26.8 Å². The number of carbonyl (C=O) groups excluding carboxylic acids is 1. The Labute approximate surface area is 149 Å². The van der Waals surface area contributed by atoms with E-state index in [0.717, 1.165) is 22.6 Å². The van der Waals surface area contributed by atoms with E-state index in [-0.39, 0.29) is 5.91 Å². The predicted molar refractivity (Wildman–Crippen MR) is 98.8 cm³/mol. The summed E-state index contributed by atoms with van der Waals surface area (Å²) in [4.78, 5) is 22.1. The van der Waals surface area contributed by atoms with Gasteiger partial charge >= 0.3 is 0 Å². The lowest BCUT2D eigenvalue weighted by molar-refractivity contribution is 0.0950. The number of aromatic nitrogens is 3. The Balaban J connectivity index is 1.58. The molecule has 4 aromatic rings. The summed E-state index contributed by atoms with van der Waals surface area (Å²) < 4.78 is 1.95. The number of thiazole rings is 1. The maximum Gasteiger partial charge on any atom is 0.272 e. The molecule has 0 aliphatic carbocycles. The number of hydrogen-bond acceptors (Lipinski definition) is 4. The normalized spacial score (nSPS) is 10.9. The summed E-state index contributed by atoms with van der Waals surface area (Å²) in [6.45, 7) is 0.573. The van der Waals surface area contributed by atoms with Crippen LogP contribution in [0.1, 0.15) is 16.1 Å². The lowest BCUT2D eigenvalue weighted by Crippen LogP contribution is -2.26. The first-order valence-electron chi connectivity index (χ1n) is 8.01. The number of benzene rings is 1. The molecular weight excluding hydrogens is 332 g/mol. The SMILES string of the molecule is O=C(NCCc1ccccc1)c1nc2sccn2c1-c1ccncc1. The van der Waals surface area contributed by atoms with Crippen molar-refractivity contribution < 1.29 is 4.79 Å². The van der Waals surface area contributed by atoms with Crippen LogP contribution in [0.4, 0.5) is 0 Å². The molecule has 1 N–H and O–H groups in total. The van der Waals surface area contributed by atoms with E-state index in [1.165, 1.54) is 16.9 Å². The molecule has 0 aliphatic rings. The molecule has 0 saturated heterocycles. The van der Waals surface area contributed by atoms with Crippen molar-refractivity contribution in [2.24, 2.45) is 0 Å². The molecule has 3 aromatic heterocycles. The highest BCUT2D eigenvalue weighted by molar-refractivity contribution is 7.15. The van der Waals surface area contributed by atoms with Crippen LogP contribution in [0, 0.1) is 0 Å². The van der Waals surface area contributed by atoms with Crippen LogP contribution in [0.2, 0.25) is 0 Å². The second-order valence-electron chi connectivity index (χ2n) is 5.59. The number of fused-ring (bicyclic) bond motifs is 1. The lowest BCUT2D eigenvalue weighted by Gasteiger charge is -2.06. The molecule has 0 atom stereocenters. The van der Waals surface area contributed by atoms with E-state index in [0.29, 0.717) is 12.2 Å². The summed E-state index contributed by atoms with van der Waals surface area (Å²) in [5.74, 6) is -0.154. The summed E-state index contributed by atoms with van der Waals surface area (Å²) in [5.41, 5.74) is 3.37. The minimum absolute atomic E-state index is 0.154. The van der Waals surface area contributed by atoms with Gasteiger partial charge in [-0.2, -0.15) is 0 Å². The number of nitrogens with zero attached hydrogens (tertiary/aromatic N) is 3. The third-order valence-electron chi connectivity index (χ3n) is 3.97. The van der Waals surface area contributed by atoms with Gasteiger partial charge in [0.05, 0.1) is 5.69 Å². The zero-order chi connectivity index (χ0) is 17.1. The van der Waals surface area contributed by atoms with Crippen molar-refractivity contribution in [1.82, 2.24) is 19.7 Å². The molecule has 25 heavy (non-hydrogen) atoms. The van der Waals surface area contributed by atoms with Gasteiger partial charge in [0.2, 0.25) is 0 Å². The van der Waals surface area contributed by atoms with Crippen molar-refractivity contribution in [2.75, 3.05) is 6.54 Å². The minimum Gasteiger partial charge on any atom is -0.350 e. The molecule has 5 nitrogen and oxygen atoms in total. The summed E-state index contributed by atoms with van der Waals surface area (Å²) in [6.07, 6.45) is 6.17. The summed E-state index contributed by atoms with van der Waals surface area (Å²) in [7, 11) is 0. The largest absolute Gasteiger partial charge is 0.350 e. The van der Waals surface area contributed by atoms with Crippen LogP contribution in [0.25, 0.3) is 16.2 Å². The number of carbonyl (C=O) groups is 1. The Morgan fingerprint density at radius 3 is 2.72 bits per heavy atom. The van der Waals surface area contributed by atoms with Gasteiger partial charge in [-0.3, -0.25) is 14.2 Å². The molecule has 0 saturated carbocycles. The van der Waals surface area contributed by atoms with E-state index in [9.17, 15) is 4.79 Å². The Hall–Kier alpha value is -2.99. The Bertz CT molecular complexity index is 992. The molecule has 4 rings (SSSR count). The maximum absolute atomic E-state index is 12.7. The summed E-state index contributed by atoms with van der Waals surface area (Å²) >= 11 is 1.51. The summed E-state index contributed by atoms with van der Waals surface area (Å²) in [6, 6.07) is 13.9. The van der Waals surface area contributed by atoms with Gasteiger partial charge in [0.1, 0.15) is 0 Å². The van der Waals surface area contributed by atoms with E-state index < -0.39 is 0 Å². The fraction of sp³-hybridized carbons (Fsp3) is 0.105. The van der Waals surface area contributed by atoms with E-state index in [1.54, 1.807) is 12.4 Å². The van der Waals surface area contributed by atoms with Crippen molar-refractivity contribution in [3.8, 4) is 11.3 Å². The van der Waals surface area contributed by atoms with Gasteiger partial charge < -0.3 is 5.32 Å². The molecule has 0 fully saturated rings. The van der Waals surface area contributed by atoms with E-state index in [1.807, 2.05) is 46.3 Å². The first kappa shape index (κ1) is 15.5. The highest BCUT2D eigenvalue weighted by Crippen LogP contribution is 2.27. The molecule has 1 amide bonds. The summed E-state index contributed by atoms with van der Waals surface area (Å²) in [5, 5.41) is 4.94. The molecular formula is C19H16N4OS. The van der Waals surface area contributed by atoms with Gasteiger partial charge in [-0.1, -0.05) is 30.3 Å². The Morgan fingerprint density at radius 2 is 1.92 bits per heavy atom. The van der Waals surface area contributed by atoms with Crippen LogP contribution >= 0.6 is 11.3 Å². The number of nitrogens with one attached hydrogen (secondary N) is 1. The molecule has 1 aromatic carbocycles. The smallest absolute Gasteiger partial charge is 0.272 e. The van der Waals surface area contributed by atoms with Crippen LogP contribution in [0.3, 0.4) is 0 Å². The zero-order valence-electron chi connectivity index (χ0n) is 13.4. The quantitative estimate of drug-likeness (QED) is 0.601. The fourth-order valence-electron chi connectivity index (χ4n) is 2.78. The molecule has 0 spiro atoms. The van der Waals surface area contributed by atoms with Crippen molar-refractivity contribution in [2.45, 2.75) is 6.42 Å². The third-order valence-corrected chi connectivity index (χ3v) is 4.73. The maximum atomic E-state index is 12.7. The van der Waals surface area contributed by atoms with Crippen molar-refractivity contribution in [3.05, 3.63) is 77.7 Å². The van der Waals surface area contributed by atoms with Crippen LogP contribution < -0.4 is 5.32 Å². The van der Waals surface area contributed by atoms with E-state index in [2.05, 4.69) is 27.4 Å². The number of pyridine rings is 1. The van der Waals surface area contributed by atoms with Crippen molar-refractivity contribution in [3.63, 3.8) is 0 Å². The minimum atomic E-state index is -0.154.